The summed E-state index contributed by atoms with van der Waals surface area (Å²) in [5, 5.41) is 13.4. The number of anilines is 2. The Morgan fingerprint density at radius 3 is 2.80 bits per heavy atom. The minimum absolute atomic E-state index is 0.0447. The molecular weight excluding hydrogens is 320 g/mol. The Labute approximate surface area is 143 Å². The van der Waals surface area contributed by atoms with Gasteiger partial charge in [0.1, 0.15) is 11.6 Å². The largest absolute Gasteiger partial charge is 0.392 e. The van der Waals surface area contributed by atoms with Crippen molar-refractivity contribution in [3.8, 4) is 5.95 Å². The predicted molar refractivity (Wildman–Crippen MR) is 90.8 cm³/mol. The Kier molecular flexibility index (Phi) is 3.66. The van der Waals surface area contributed by atoms with E-state index in [0.717, 1.165) is 11.1 Å². The number of nitrogens with two attached hydrogens (primary N) is 1. The highest BCUT2D eigenvalue weighted by Crippen LogP contribution is 2.32. The number of carbonyl (C=O) groups is 1. The number of nitrogens with zero attached hydrogens (tertiary/aromatic N) is 5. The molecule has 1 aromatic carbocycles. The van der Waals surface area contributed by atoms with Crippen LogP contribution in [-0.2, 0) is 24.4 Å². The molecule has 3 aromatic rings. The lowest BCUT2D eigenvalue weighted by Gasteiger charge is -2.17. The summed E-state index contributed by atoms with van der Waals surface area (Å²) in [6, 6.07) is 9.22. The van der Waals surface area contributed by atoms with Gasteiger partial charge in [0.15, 0.2) is 0 Å². The third-order valence-corrected chi connectivity index (χ3v) is 4.11. The number of aliphatic hydroxyl groups is 1. The molecule has 126 valence electrons. The number of benzene rings is 1. The van der Waals surface area contributed by atoms with E-state index in [2.05, 4.69) is 15.1 Å². The quantitative estimate of drug-likeness (QED) is 0.730. The van der Waals surface area contributed by atoms with Gasteiger partial charge in [-0.15, -0.1) is 0 Å². The molecule has 3 heterocycles. The lowest BCUT2D eigenvalue weighted by molar-refractivity contribution is -0.117. The zero-order valence-electron chi connectivity index (χ0n) is 13.3. The van der Waals surface area contributed by atoms with Gasteiger partial charge >= 0.3 is 0 Å². The molecule has 8 nitrogen and oxygen atoms in total. The predicted octanol–water partition coefficient (Wildman–Crippen LogP) is 0.826. The van der Waals surface area contributed by atoms with Gasteiger partial charge in [0.25, 0.3) is 5.95 Å². The molecule has 0 fully saturated rings. The molecule has 8 heteroatoms. The van der Waals surface area contributed by atoms with Crippen LogP contribution in [0.1, 0.15) is 16.7 Å². The first-order valence-electron chi connectivity index (χ1n) is 7.81. The van der Waals surface area contributed by atoms with E-state index in [4.69, 9.17) is 5.73 Å². The van der Waals surface area contributed by atoms with Gasteiger partial charge in [-0.05, 0) is 17.2 Å². The summed E-state index contributed by atoms with van der Waals surface area (Å²) >= 11 is 0. The van der Waals surface area contributed by atoms with Gasteiger partial charge in [0.05, 0.1) is 19.6 Å². The zero-order chi connectivity index (χ0) is 17.4. The molecule has 0 unspecified atom stereocenters. The summed E-state index contributed by atoms with van der Waals surface area (Å²) in [4.78, 5) is 22.8. The van der Waals surface area contributed by atoms with E-state index in [1.54, 1.807) is 23.4 Å². The molecule has 2 aromatic heterocycles. The Hall–Kier alpha value is -3.26. The zero-order valence-corrected chi connectivity index (χ0v) is 13.3. The van der Waals surface area contributed by atoms with E-state index < -0.39 is 0 Å². The first kappa shape index (κ1) is 15.3. The standard InChI is InChI=1S/C17H16N6O2/c18-15-13-8-14(25)22(9-11-3-1-4-12(7-11)10-24)16(13)21-17(20-15)23-6-2-5-19-23/h1-7,24H,8-10H2,(H2,18,20,21). The molecule has 25 heavy (non-hydrogen) atoms. The van der Waals surface area contributed by atoms with Crippen LogP contribution in [0.3, 0.4) is 0 Å². The number of fused-ring (bicyclic) bond motifs is 1. The van der Waals surface area contributed by atoms with Crippen LogP contribution in [-0.4, -0.2) is 30.8 Å². The van der Waals surface area contributed by atoms with Crippen LogP contribution in [0.5, 0.6) is 0 Å². The lowest BCUT2D eigenvalue weighted by atomic mass is 10.1. The molecule has 0 aliphatic carbocycles. The minimum Gasteiger partial charge on any atom is -0.392 e. The number of aromatic nitrogens is 4. The topological polar surface area (TPSA) is 110 Å². The number of rotatable bonds is 4. The molecule has 1 amide bonds. The van der Waals surface area contributed by atoms with Gasteiger partial charge in [-0.1, -0.05) is 24.3 Å². The van der Waals surface area contributed by atoms with E-state index >= 15 is 0 Å². The van der Waals surface area contributed by atoms with Crippen molar-refractivity contribution in [1.29, 1.82) is 0 Å². The fourth-order valence-corrected chi connectivity index (χ4v) is 2.90. The molecule has 0 bridgehead atoms. The summed E-state index contributed by atoms with van der Waals surface area (Å²) in [5.74, 6) is 1.04. The van der Waals surface area contributed by atoms with Gasteiger partial charge in [0.2, 0.25) is 5.91 Å². The van der Waals surface area contributed by atoms with Crippen molar-refractivity contribution >= 4 is 17.5 Å². The van der Waals surface area contributed by atoms with E-state index in [1.165, 1.54) is 4.68 Å². The molecule has 1 aliphatic rings. The van der Waals surface area contributed by atoms with Gasteiger partial charge < -0.3 is 10.8 Å². The fourth-order valence-electron chi connectivity index (χ4n) is 2.90. The van der Waals surface area contributed by atoms with Crippen LogP contribution in [0, 0.1) is 0 Å². The maximum Gasteiger partial charge on any atom is 0.254 e. The van der Waals surface area contributed by atoms with E-state index in [-0.39, 0.29) is 24.8 Å². The summed E-state index contributed by atoms with van der Waals surface area (Å²) in [5.41, 5.74) is 8.38. The highest BCUT2D eigenvalue weighted by molar-refractivity contribution is 6.01. The average Bonchev–Trinajstić information content (AvgIpc) is 3.25. The first-order valence-corrected chi connectivity index (χ1v) is 7.81. The van der Waals surface area contributed by atoms with E-state index in [9.17, 15) is 9.90 Å². The maximum atomic E-state index is 12.5. The molecule has 0 saturated carbocycles. The van der Waals surface area contributed by atoms with Gasteiger partial charge in [-0.3, -0.25) is 9.69 Å². The van der Waals surface area contributed by atoms with Gasteiger partial charge in [-0.25, -0.2) is 4.68 Å². The van der Waals surface area contributed by atoms with Crippen LogP contribution in [0.25, 0.3) is 5.95 Å². The molecule has 3 N–H and O–H groups in total. The van der Waals surface area contributed by atoms with Crippen LogP contribution < -0.4 is 10.6 Å². The second-order valence-electron chi connectivity index (χ2n) is 5.80. The second-order valence-corrected chi connectivity index (χ2v) is 5.80. The summed E-state index contributed by atoms with van der Waals surface area (Å²) in [6.07, 6.45) is 3.52. The third kappa shape index (κ3) is 2.72. The summed E-state index contributed by atoms with van der Waals surface area (Å²) in [6.45, 7) is 0.311. The highest BCUT2D eigenvalue weighted by Gasteiger charge is 2.32. The number of hydrogen-bond acceptors (Lipinski definition) is 6. The Morgan fingerprint density at radius 1 is 1.20 bits per heavy atom. The SMILES string of the molecule is Nc1nc(-n2cccn2)nc2c1CC(=O)N2Cc1cccc(CO)c1. The molecule has 0 spiro atoms. The normalized spacial score (nSPS) is 13.3. The highest BCUT2D eigenvalue weighted by atomic mass is 16.3. The van der Waals surface area contributed by atoms with Gasteiger partial charge in [-0.2, -0.15) is 15.1 Å². The lowest BCUT2D eigenvalue weighted by Crippen LogP contribution is -2.27. The van der Waals surface area contributed by atoms with Crippen molar-refractivity contribution in [3.05, 3.63) is 59.4 Å². The fraction of sp³-hybridized carbons (Fsp3) is 0.176. The van der Waals surface area contributed by atoms with Crippen molar-refractivity contribution in [3.63, 3.8) is 0 Å². The number of carbonyl (C=O) groups excluding carboxylic acids is 1. The summed E-state index contributed by atoms with van der Waals surface area (Å²) < 4.78 is 1.50. The second kappa shape index (κ2) is 5.99. The van der Waals surface area contributed by atoms with Crippen molar-refractivity contribution < 1.29 is 9.90 Å². The maximum absolute atomic E-state index is 12.5. The molecule has 0 radical (unpaired) electrons. The Morgan fingerprint density at radius 2 is 2.04 bits per heavy atom. The van der Waals surface area contributed by atoms with Crippen LogP contribution in [0.2, 0.25) is 0 Å². The molecule has 0 atom stereocenters. The number of hydrogen-bond donors (Lipinski definition) is 2. The van der Waals surface area contributed by atoms with Crippen molar-refractivity contribution in [2.75, 3.05) is 10.6 Å². The van der Waals surface area contributed by atoms with Crippen molar-refractivity contribution in [2.45, 2.75) is 19.6 Å². The Bertz CT molecular complexity index is 938. The Balaban J connectivity index is 1.73. The van der Waals surface area contributed by atoms with E-state index in [0.29, 0.717) is 23.9 Å². The molecule has 4 rings (SSSR count). The van der Waals surface area contributed by atoms with Crippen LogP contribution in [0.4, 0.5) is 11.6 Å². The smallest absolute Gasteiger partial charge is 0.254 e. The third-order valence-electron chi connectivity index (χ3n) is 4.11. The minimum atomic E-state index is -0.0805. The first-order chi connectivity index (χ1) is 12.2. The number of aliphatic hydroxyl groups excluding tert-OH is 1. The van der Waals surface area contributed by atoms with Crippen molar-refractivity contribution in [1.82, 2.24) is 19.7 Å². The van der Waals surface area contributed by atoms with Crippen LogP contribution >= 0.6 is 0 Å². The number of amides is 1. The summed E-state index contributed by atoms with van der Waals surface area (Å²) in [7, 11) is 0. The molecular formula is C17H16N6O2. The van der Waals surface area contributed by atoms with Crippen LogP contribution in [0.15, 0.2) is 42.7 Å². The molecule has 0 saturated heterocycles. The monoisotopic (exact) mass is 336 g/mol. The van der Waals surface area contributed by atoms with E-state index in [1.807, 2.05) is 24.3 Å². The van der Waals surface area contributed by atoms with Gasteiger partial charge in [0, 0.05) is 18.0 Å². The average molecular weight is 336 g/mol. The van der Waals surface area contributed by atoms with Crippen molar-refractivity contribution in [2.24, 2.45) is 0 Å². The number of nitrogen functional groups attached to an aromatic ring is 1. The molecule has 1 aliphatic heterocycles.